The molecule has 24 heavy (non-hydrogen) atoms. The summed E-state index contributed by atoms with van der Waals surface area (Å²) in [5.74, 6) is 0.0902. The van der Waals surface area contributed by atoms with Crippen molar-refractivity contribution in [2.24, 2.45) is 0 Å². The average molecular weight is 328 g/mol. The van der Waals surface area contributed by atoms with Crippen molar-refractivity contribution in [2.45, 2.75) is 38.1 Å². The van der Waals surface area contributed by atoms with Crippen LogP contribution in [0, 0.1) is 10.1 Å². The van der Waals surface area contributed by atoms with Crippen LogP contribution in [-0.2, 0) is 11.2 Å². The van der Waals surface area contributed by atoms with Crippen LogP contribution in [0.25, 0.3) is 0 Å². The standard InChI is InChI=1S/C17H20N4O3/c22-17(8-7-13-4-3-5-15(10-13)21(23)24)20-9-2-1-6-16(20)14-11-18-19-12-14/h3-5,10-12,16H,1-2,6-9H2,(H,18,19)/t16-/m0/s1. The van der Waals surface area contributed by atoms with Gasteiger partial charge < -0.3 is 4.90 Å². The van der Waals surface area contributed by atoms with Crippen LogP contribution in [-0.4, -0.2) is 32.5 Å². The minimum Gasteiger partial charge on any atom is -0.336 e. The van der Waals surface area contributed by atoms with E-state index in [1.165, 1.54) is 12.1 Å². The molecule has 0 radical (unpaired) electrons. The maximum Gasteiger partial charge on any atom is 0.269 e. The number of nitrogens with zero attached hydrogens (tertiary/aromatic N) is 3. The van der Waals surface area contributed by atoms with Crippen molar-refractivity contribution >= 4 is 11.6 Å². The summed E-state index contributed by atoms with van der Waals surface area (Å²) in [7, 11) is 0. The average Bonchev–Trinajstić information content (AvgIpc) is 3.14. The van der Waals surface area contributed by atoms with Crippen LogP contribution in [0.4, 0.5) is 5.69 Å². The van der Waals surface area contributed by atoms with Gasteiger partial charge in [-0.3, -0.25) is 20.0 Å². The fraction of sp³-hybridized carbons (Fsp3) is 0.412. The number of aromatic nitrogens is 2. The largest absolute Gasteiger partial charge is 0.336 e. The van der Waals surface area contributed by atoms with E-state index in [0.717, 1.165) is 36.9 Å². The molecular weight excluding hydrogens is 308 g/mol. The first-order valence-corrected chi connectivity index (χ1v) is 8.16. The van der Waals surface area contributed by atoms with E-state index in [2.05, 4.69) is 10.2 Å². The Balaban J connectivity index is 1.65. The van der Waals surface area contributed by atoms with Crippen molar-refractivity contribution in [3.8, 4) is 0 Å². The number of hydrogen-bond acceptors (Lipinski definition) is 4. The van der Waals surface area contributed by atoms with E-state index < -0.39 is 4.92 Å². The molecule has 2 aromatic rings. The van der Waals surface area contributed by atoms with Crippen LogP contribution in [0.3, 0.4) is 0 Å². The van der Waals surface area contributed by atoms with Crippen molar-refractivity contribution in [3.63, 3.8) is 0 Å². The number of nitro groups is 1. The normalized spacial score (nSPS) is 17.7. The second-order valence-electron chi connectivity index (χ2n) is 6.06. The molecule has 0 saturated carbocycles. The van der Waals surface area contributed by atoms with E-state index in [4.69, 9.17) is 0 Å². The predicted octanol–water partition coefficient (Wildman–Crippen LogP) is 3.00. The van der Waals surface area contributed by atoms with Crippen molar-refractivity contribution in [1.29, 1.82) is 0 Å². The van der Waals surface area contributed by atoms with E-state index in [9.17, 15) is 14.9 Å². The third-order valence-electron chi connectivity index (χ3n) is 4.48. The fourth-order valence-electron chi connectivity index (χ4n) is 3.24. The highest BCUT2D eigenvalue weighted by molar-refractivity contribution is 5.77. The lowest BCUT2D eigenvalue weighted by molar-refractivity contribution is -0.384. The summed E-state index contributed by atoms with van der Waals surface area (Å²) in [6.45, 7) is 0.754. The molecule has 1 aliphatic heterocycles. The Kier molecular flexibility index (Phi) is 4.88. The Labute approximate surface area is 139 Å². The number of non-ortho nitro benzene ring substituents is 1. The molecule has 1 aliphatic rings. The summed E-state index contributed by atoms with van der Waals surface area (Å²) in [6, 6.07) is 6.56. The summed E-state index contributed by atoms with van der Waals surface area (Å²) in [5, 5.41) is 17.6. The zero-order valence-electron chi connectivity index (χ0n) is 13.4. The number of likely N-dealkylation sites (tertiary alicyclic amines) is 1. The van der Waals surface area contributed by atoms with Gasteiger partial charge in [0.1, 0.15) is 0 Å². The Bertz CT molecular complexity index is 714. The van der Waals surface area contributed by atoms with Gasteiger partial charge in [-0.2, -0.15) is 5.10 Å². The Morgan fingerprint density at radius 1 is 1.42 bits per heavy atom. The first-order valence-electron chi connectivity index (χ1n) is 8.16. The lowest BCUT2D eigenvalue weighted by Crippen LogP contribution is -2.38. The van der Waals surface area contributed by atoms with E-state index in [-0.39, 0.29) is 17.6 Å². The zero-order valence-corrected chi connectivity index (χ0v) is 13.4. The molecule has 1 aromatic heterocycles. The molecule has 126 valence electrons. The van der Waals surface area contributed by atoms with Crippen molar-refractivity contribution < 1.29 is 9.72 Å². The van der Waals surface area contributed by atoms with Gasteiger partial charge in [0.15, 0.2) is 0 Å². The number of amides is 1. The molecule has 7 nitrogen and oxygen atoms in total. The number of benzene rings is 1. The number of aromatic amines is 1. The smallest absolute Gasteiger partial charge is 0.269 e. The molecule has 1 atom stereocenters. The minimum atomic E-state index is -0.412. The fourth-order valence-corrected chi connectivity index (χ4v) is 3.24. The zero-order chi connectivity index (χ0) is 16.9. The van der Waals surface area contributed by atoms with Gasteiger partial charge in [0.25, 0.3) is 5.69 Å². The molecule has 1 amide bonds. The number of carbonyl (C=O) groups is 1. The molecule has 1 fully saturated rings. The van der Waals surface area contributed by atoms with Crippen molar-refractivity contribution in [3.05, 3.63) is 57.9 Å². The first-order chi connectivity index (χ1) is 11.6. The second kappa shape index (κ2) is 7.25. The van der Waals surface area contributed by atoms with E-state index in [0.29, 0.717) is 12.8 Å². The highest BCUT2D eigenvalue weighted by atomic mass is 16.6. The summed E-state index contributed by atoms with van der Waals surface area (Å²) in [4.78, 5) is 25.0. The molecular formula is C17H20N4O3. The topological polar surface area (TPSA) is 92.1 Å². The number of carbonyl (C=O) groups excluding carboxylic acids is 1. The second-order valence-corrected chi connectivity index (χ2v) is 6.06. The lowest BCUT2D eigenvalue weighted by Gasteiger charge is -2.35. The molecule has 0 aliphatic carbocycles. The van der Waals surface area contributed by atoms with Gasteiger partial charge in [0.05, 0.1) is 17.2 Å². The number of piperidine rings is 1. The quantitative estimate of drug-likeness (QED) is 0.674. The summed E-state index contributed by atoms with van der Waals surface area (Å²) in [6.07, 6.45) is 7.54. The number of rotatable bonds is 5. The van der Waals surface area contributed by atoms with Crippen LogP contribution in [0.5, 0.6) is 0 Å². The van der Waals surface area contributed by atoms with Crippen LogP contribution in [0.15, 0.2) is 36.7 Å². The summed E-state index contributed by atoms with van der Waals surface area (Å²) < 4.78 is 0. The SMILES string of the molecule is O=C(CCc1cccc([N+](=O)[O-])c1)N1CCCC[C@H]1c1cn[nH]c1. The van der Waals surface area contributed by atoms with Gasteiger partial charge in [0.2, 0.25) is 5.91 Å². The van der Waals surface area contributed by atoms with Crippen LogP contribution in [0.2, 0.25) is 0 Å². The third kappa shape index (κ3) is 3.61. The Hall–Kier alpha value is -2.70. The van der Waals surface area contributed by atoms with E-state index >= 15 is 0 Å². The van der Waals surface area contributed by atoms with E-state index in [1.54, 1.807) is 12.3 Å². The number of hydrogen-bond donors (Lipinski definition) is 1. The Morgan fingerprint density at radius 2 is 2.29 bits per heavy atom. The summed E-state index contributed by atoms with van der Waals surface area (Å²) >= 11 is 0. The highest BCUT2D eigenvalue weighted by Crippen LogP contribution is 2.31. The molecule has 1 aromatic carbocycles. The molecule has 0 unspecified atom stereocenters. The molecule has 2 heterocycles. The van der Waals surface area contributed by atoms with Gasteiger partial charge in [-0.25, -0.2) is 0 Å². The van der Waals surface area contributed by atoms with Gasteiger partial charge in [0, 0.05) is 36.9 Å². The Morgan fingerprint density at radius 3 is 3.04 bits per heavy atom. The van der Waals surface area contributed by atoms with Crippen LogP contribution in [0.1, 0.15) is 42.9 Å². The van der Waals surface area contributed by atoms with Crippen molar-refractivity contribution in [1.82, 2.24) is 15.1 Å². The first kappa shape index (κ1) is 16.2. The molecule has 3 rings (SSSR count). The lowest BCUT2D eigenvalue weighted by atomic mass is 9.96. The highest BCUT2D eigenvalue weighted by Gasteiger charge is 2.28. The molecule has 0 spiro atoms. The van der Waals surface area contributed by atoms with Crippen LogP contribution < -0.4 is 0 Å². The van der Waals surface area contributed by atoms with Gasteiger partial charge in [-0.05, 0) is 31.2 Å². The number of nitro benzene ring substituents is 1. The maximum atomic E-state index is 12.7. The molecule has 1 N–H and O–H groups in total. The van der Waals surface area contributed by atoms with Crippen LogP contribution >= 0.6 is 0 Å². The predicted molar refractivity (Wildman–Crippen MR) is 88.3 cm³/mol. The van der Waals surface area contributed by atoms with Gasteiger partial charge in [-0.1, -0.05) is 12.1 Å². The number of H-pyrrole nitrogens is 1. The number of nitrogens with one attached hydrogen (secondary N) is 1. The van der Waals surface area contributed by atoms with Gasteiger partial charge in [-0.15, -0.1) is 0 Å². The molecule has 1 saturated heterocycles. The number of aryl methyl sites for hydroxylation is 1. The molecule has 0 bridgehead atoms. The minimum absolute atomic E-state index is 0.0641. The monoisotopic (exact) mass is 328 g/mol. The third-order valence-corrected chi connectivity index (χ3v) is 4.48. The molecule has 7 heteroatoms. The van der Waals surface area contributed by atoms with Crippen molar-refractivity contribution in [2.75, 3.05) is 6.54 Å². The van der Waals surface area contributed by atoms with Gasteiger partial charge >= 0.3 is 0 Å². The summed E-state index contributed by atoms with van der Waals surface area (Å²) in [5.41, 5.74) is 1.92. The maximum absolute atomic E-state index is 12.7. The van der Waals surface area contributed by atoms with E-state index in [1.807, 2.05) is 17.2 Å².